The molecule has 3 N–H and O–H groups in total. The van der Waals surface area contributed by atoms with Crippen molar-refractivity contribution >= 4 is 11.7 Å². The number of aliphatic hydroxyl groups excluding tert-OH is 2. The number of ketones is 1. The van der Waals surface area contributed by atoms with Crippen molar-refractivity contribution in [3.8, 4) is 0 Å². The normalized spacial score (nSPS) is 23.4. The minimum atomic E-state index is -0.417. The molecule has 1 aliphatic carbocycles. The van der Waals surface area contributed by atoms with Gasteiger partial charge in [-0.05, 0) is 31.6 Å². The van der Waals surface area contributed by atoms with Gasteiger partial charge in [-0.25, -0.2) is 0 Å². The fourth-order valence-corrected chi connectivity index (χ4v) is 3.65. The van der Waals surface area contributed by atoms with Crippen molar-refractivity contribution in [3.05, 3.63) is 0 Å². The van der Waals surface area contributed by atoms with E-state index in [1.54, 1.807) is 7.05 Å². The Hall–Kier alpha value is -0.940. The van der Waals surface area contributed by atoms with Gasteiger partial charge in [0, 0.05) is 32.4 Å². The summed E-state index contributed by atoms with van der Waals surface area (Å²) >= 11 is 0. The van der Waals surface area contributed by atoms with E-state index in [4.69, 9.17) is 0 Å². The lowest BCUT2D eigenvalue weighted by Crippen LogP contribution is -2.21. The molecule has 0 radical (unpaired) electrons. The second-order valence-electron chi connectivity index (χ2n) is 7.14. The van der Waals surface area contributed by atoms with E-state index in [2.05, 4.69) is 5.32 Å². The number of hydrogen-bond donors (Lipinski definition) is 3. The molecule has 0 aliphatic heterocycles. The molecule has 24 heavy (non-hydrogen) atoms. The monoisotopic (exact) mass is 341 g/mol. The van der Waals surface area contributed by atoms with Crippen molar-refractivity contribution in [2.75, 3.05) is 13.7 Å². The van der Waals surface area contributed by atoms with Crippen LogP contribution in [0.5, 0.6) is 0 Å². The third kappa shape index (κ3) is 8.25. The van der Waals surface area contributed by atoms with E-state index in [0.29, 0.717) is 25.7 Å². The lowest BCUT2D eigenvalue weighted by Gasteiger charge is -2.15. The topological polar surface area (TPSA) is 86.6 Å². The molecule has 1 fully saturated rings. The summed E-state index contributed by atoms with van der Waals surface area (Å²) in [5.74, 6) is 0.172. The Morgan fingerprint density at radius 2 is 1.46 bits per heavy atom. The molecular formula is C19H35NO4. The van der Waals surface area contributed by atoms with Gasteiger partial charge >= 0.3 is 0 Å². The molecule has 1 rings (SSSR count). The summed E-state index contributed by atoms with van der Waals surface area (Å²) in [5.41, 5.74) is 0. The maximum Gasteiger partial charge on any atom is 0.219 e. The number of amides is 1. The first-order chi connectivity index (χ1) is 11.6. The van der Waals surface area contributed by atoms with Crippen LogP contribution in [-0.2, 0) is 9.59 Å². The molecule has 0 bridgehead atoms. The van der Waals surface area contributed by atoms with E-state index in [1.165, 1.54) is 19.3 Å². The van der Waals surface area contributed by atoms with Crippen LogP contribution in [0.1, 0.15) is 77.0 Å². The molecular weight excluding hydrogens is 306 g/mol. The highest BCUT2D eigenvalue weighted by Crippen LogP contribution is 2.33. The lowest BCUT2D eigenvalue weighted by atomic mass is 9.90. The van der Waals surface area contributed by atoms with Gasteiger partial charge in [0.25, 0.3) is 0 Å². The quantitative estimate of drug-likeness (QED) is 0.449. The van der Waals surface area contributed by atoms with E-state index in [9.17, 15) is 19.8 Å². The van der Waals surface area contributed by atoms with Gasteiger partial charge in [-0.1, -0.05) is 38.5 Å². The molecule has 0 aromatic carbocycles. The standard InChI is InChI=1S/C19H35NO4/c1-20-19(24)11-9-7-5-3-2-4-6-8-10-18(23)17-13-16(22)12-15(17)14-21/h15-17,21-22H,2-14H2,1H3,(H,20,24)/t15?,16-,17?/m1/s1. The van der Waals surface area contributed by atoms with Crippen LogP contribution < -0.4 is 5.32 Å². The number of nitrogens with one attached hydrogen (secondary N) is 1. The summed E-state index contributed by atoms with van der Waals surface area (Å²) in [6.45, 7) is 0.00732. The van der Waals surface area contributed by atoms with Gasteiger partial charge in [0.15, 0.2) is 0 Å². The molecule has 3 atom stereocenters. The zero-order valence-corrected chi connectivity index (χ0v) is 15.1. The van der Waals surface area contributed by atoms with Crippen LogP contribution in [-0.4, -0.2) is 41.7 Å². The first kappa shape index (κ1) is 21.1. The predicted molar refractivity (Wildman–Crippen MR) is 94.6 cm³/mol. The Balaban J connectivity index is 1.95. The summed E-state index contributed by atoms with van der Waals surface area (Å²) in [4.78, 5) is 23.3. The maximum atomic E-state index is 12.2. The number of unbranched alkanes of at least 4 members (excludes halogenated alkanes) is 7. The van der Waals surface area contributed by atoms with Crippen LogP contribution >= 0.6 is 0 Å². The molecule has 1 amide bonds. The minimum absolute atomic E-state index is 0.00732. The molecule has 140 valence electrons. The van der Waals surface area contributed by atoms with Gasteiger partial charge in [0.2, 0.25) is 5.91 Å². The smallest absolute Gasteiger partial charge is 0.219 e. The number of Topliss-reactive ketones (excluding diaryl/α,β-unsaturated/α-hetero) is 1. The molecule has 0 aromatic heterocycles. The van der Waals surface area contributed by atoms with Gasteiger partial charge in [-0.3, -0.25) is 9.59 Å². The zero-order valence-electron chi connectivity index (χ0n) is 15.1. The lowest BCUT2D eigenvalue weighted by molar-refractivity contribution is -0.124. The van der Waals surface area contributed by atoms with Gasteiger partial charge in [0.1, 0.15) is 5.78 Å². The SMILES string of the molecule is CNC(=O)CCCCCCCCCCC(=O)C1C[C@H](O)CC1CO. The van der Waals surface area contributed by atoms with E-state index < -0.39 is 6.10 Å². The average molecular weight is 341 g/mol. The summed E-state index contributed by atoms with van der Waals surface area (Å²) < 4.78 is 0. The summed E-state index contributed by atoms with van der Waals surface area (Å²) in [5, 5.41) is 21.6. The molecule has 5 nitrogen and oxygen atoms in total. The molecule has 1 aliphatic rings. The van der Waals surface area contributed by atoms with Crippen molar-refractivity contribution in [3.63, 3.8) is 0 Å². The predicted octanol–water partition coefficient (Wildman–Crippen LogP) is 2.58. The van der Waals surface area contributed by atoms with Crippen LogP contribution in [0.15, 0.2) is 0 Å². The van der Waals surface area contributed by atoms with Gasteiger partial charge in [-0.2, -0.15) is 0 Å². The second kappa shape index (κ2) is 12.4. The zero-order chi connectivity index (χ0) is 17.8. The molecule has 2 unspecified atom stereocenters. The highest BCUT2D eigenvalue weighted by molar-refractivity contribution is 5.81. The van der Waals surface area contributed by atoms with Crippen LogP contribution in [0, 0.1) is 11.8 Å². The fourth-order valence-electron chi connectivity index (χ4n) is 3.65. The van der Waals surface area contributed by atoms with Crippen LogP contribution in [0.3, 0.4) is 0 Å². The minimum Gasteiger partial charge on any atom is -0.396 e. The Morgan fingerprint density at radius 1 is 0.917 bits per heavy atom. The third-order valence-electron chi connectivity index (χ3n) is 5.17. The molecule has 1 saturated carbocycles. The average Bonchev–Trinajstić information content (AvgIpc) is 2.97. The largest absolute Gasteiger partial charge is 0.396 e. The van der Waals surface area contributed by atoms with Gasteiger partial charge < -0.3 is 15.5 Å². The van der Waals surface area contributed by atoms with Gasteiger partial charge in [-0.15, -0.1) is 0 Å². The van der Waals surface area contributed by atoms with E-state index in [1.807, 2.05) is 0 Å². The number of carbonyl (C=O) groups is 2. The first-order valence-corrected chi connectivity index (χ1v) is 9.60. The van der Waals surface area contributed by atoms with Crippen LogP contribution in [0.2, 0.25) is 0 Å². The molecule has 0 spiro atoms. The fraction of sp³-hybridized carbons (Fsp3) is 0.895. The molecule has 0 aromatic rings. The Bertz CT molecular complexity index is 372. The van der Waals surface area contributed by atoms with E-state index in [-0.39, 0.29) is 30.1 Å². The molecule has 5 heteroatoms. The number of hydrogen-bond acceptors (Lipinski definition) is 4. The van der Waals surface area contributed by atoms with Gasteiger partial charge in [0.05, 0.1) is 6.10 Å². The highest BCUT2D eigenvalue weighted by atomic mass is 16.3. The Morgan fingerprint density at radius 3 is 2.00 bits per heavy atom. The second-order valence-corrected chi connectivity index (χ2v) is 7.14. The first-order valence-electron chi connectivity index (χ1n) is 9.60. The van der Waals surface area contributed by atoms with Crippen molar-refractivity contribution in [1.82, 2.24) is 5.32 Å². The van der Waals surface area contributed by atoms with Crippen molar-refractivity contribution in [2.24, 2.45) is 11.8 Å². The summed E-state index contributed by atoms with van der Waals surface area (Å²) in [6.07, 6.45) is 10.7. The number of carbonyl (C=O) groups excluding carboxylic acids is 2. The van der Waals surface area contributed by atoms with E-state index in [0.717, 1.165) is 32.1 Å². The van der Waals surface area contributed by atoms with Crippen molar-refractivity contribution in [1.29, 1.82) is 0 Å². The molecule has 0 heterocycles. The Kier molecular flexibility index (Phi) is 10.9. The summed E-state index contributed by atoms with van der Waals surface area (Å²) in [7, 11) is 1.67. The van der Waals surface area contributed by atoms with Crippen LogP contribution in [0.25, 0.3) is 0 Å². The number of aliphatic hydroxyl groups is 2. The summed E-state index contributed by atoms with van der Waals surface area (Å²) in [6, 6.07) is 0. The van der Waals surface area contributed by atoms with E-state index >= 15 is 0 Å². The third-order valence-corrected chi connectivity index (χ3v) is 5.17. The Labute approximate surface area is 146 Å². The van der Waals surface area contributed by atoms with Crippen molar-refractivity contribution in [2.45, 2.75) is 83.2 Å². The highest BCUT2D eigenvalue weighted by Gasteiger charge is 2.36. The molecule has 0 saturated heterocycles. The van der Waals surface area contributed by atoms with Crippen LogP contribution in [0.4, 0.5) is 0 Å². The number of rotatable bonds is 13. The maximum absolute atomic E-state index is 12.2. The van der Waals surface area contributed by atoms with Crippen molar-refractivity contribution < 1.29 is 19.8 Å².